The number of aromatic nitrogens is 7. The molecule has 5 rings (SSSR count). The number of anilines is 1. The van der Waals surface area contributed by atoms with E-state index in [2.05, 4.69) is 60.2 Å². The number of nitrogen functional groups attached to an aromatic ring is 1. The van der Waals surface area contributed by atoms with Crippen molar-refractivity contribution in [3.8, 4) is 5.75 Å². The van der Waals surface area contributed by atoms with Crippen molar-refractivity contribution in [3.05, 3.63) is 52.8 Å². The summed E-state index contributed by atoms with van der Waals surface area (Å²) in [6.45, 7) is 4.93. The van der Waals surface area contributed by atoms with Gasteiger partial charge in [-0.25, -0.2) is 4.98 Å². The lowest BCUT2D eigenvalue weighted by molar-refractivity contribution is 0.302. The zero-order valence-electron chi connectivity index (χ0n) is 16.7. The quantitative estimate of drug-likeness (QED) is 0.440. The number of aryl methyl sites for hydroxylation is 1. The van der Waals surface area contributed by atoms with Crippen molar-refractivity contribution in [2.24, 2.45) is 0 Å². The molecule has 4 aromatic rings. The summed E-state index contributed by atoms with van der Waals surface area (Å²) in [5.41, 5.74) is 10.9. The fraction of sp³-hybridized carbons (Fsp3) is 0.350. The largest absolute Gasteiger partial charge is 0.485 e. The first-order valence-corrected chi connectivity index (χ1v) is 9.95. The summed E-state index contributed by atoms with van der Waals surface area (Å²) in [5.74, 6) is 1.42. The minimum absolute atomic E-state index is 0.255. The number of aromatic amines is 1. The predicted molar refractivity (Wildman–Crippen MR) is 111 cm³/mol. The van der Waals surface area contributed by atoms with E-state index in [4.69, 9.17) is 10.5 Å². The Hall–Kier alpha value is -3.53. The van der Waals surface area contributed by atoms with Gasteiger partial charge in [0.2, 0.25) is 5.65 Å². The molecule has 1 saturated heterocycles. The first-order valence-electron chi connectivity index (χ1n) is 9.95. The molecule has 0 saturated carbocycles. The molecule has 1 fully saturated rings. The molecular formula is C20H23N9O. The van der Waals surface area contributed by atoms with Crippen LogP contribution in [0.4, 0.5) is 5.82 Å². The third-order valence-electron chi connectivity index (χ3n) is 5.37. The maximum atomic E-state index is 5.91. The Morgan fingerprint density at radius 2 is 2.17 bits per heavy atom. The number of benzene rings is 1. The van der Waals surface area contributed by atoms with Gasteiger partial charge in [-0.3, -0.25) is 0 Å². The minimum Gasteiger partial charge on any atom is -0.485 e. The van der Waals surface area contributed by atoms with Crippen LogP contribution in [0.1, 0.15) is 34.9 Å². The SMILES string of the molecule is Cc1nn(Cc2cccc(C3CCNC3)c2)nc1COc1cc(N)nc2n[nH]nc12. The van der Waals surface area contributed by atoms with E-state index in [-0.39, 0.29) is 6.61 Å². The molecule has 4 heterocycles. The van der Waals surface area contributed by atoms with Crippen LogP contribution in [-0.4, -0.2) is 48.5 Å². The number of nitrogens with zero attached hydrogens (tertiary/aromatic N) is 6. The van der Waals surface area contributed by atoms with Gasteiger partial charge in [-0.1, -0.05) is 24.3 Å². The standard InChI is InChI=1S/C20H23N9O/c1-12-16(11-30-17-8-18(21)23-20-19(17)24-28-25-20)27-29(26-12)10-13-3-2-4-14(7-13)15-5-6-22-9-15/h2-4,7-8,15,22H,5-6,9-11H2,1H3,(H3,21,23,24,25,28). The van der Waals surface area contributed by atoms with Gasteiger partial charge >= 0.3 is 0 Å². The van der Waals surface area contributed by atoms with Crippen LogP contribution in [0.25, 0.3) is 11.2 Å². The third-order valence-corrected chi connectivity index (χ3v) is 5.37. The lowest BCUT2D eigenvalue weighted by Gasteiger charge is -2.10. The average Bonchev–Trinajstić information content (AvgIpc) is 3.47. The van der Waals surface area contributed by atoms with Gasteiger partial charge in [0.25, 0.3) is 0 Å². The summed E-state index contributed by atoms with van der Waals surface area (Å²) >= 11 is 0. The molecular weight excluding hydrogens is 382 g/mol. The van der Waals surface area contributed by atoms with Crippen molar-refractivity contribution in [2.75, 3.05) is 18.8 Å². The maximum absolute atomic E-state index is 5.91. The van der Waals surface area contributed by atoms with Crippen molar-refractivity contribution >= 4 is 17.0 Å². The number of ether oxygens (including phenoxy) is 1. The van der Waals surface area contributed by atoms with Gasteiger partial charge in [-0.15, -0.1) is 5.10 Å². The number of nitrogens with one attached hydrogen (secondary N) is 2. The number of hydrogen-bond donors (Lipinski definition) is 3. The minimum atomic E-state index is 0.255. The van der Waals surface area contributed by atoms with Crippen molar-refractivity contribution in [1.29, 1.82) is 0 Å². The molecule has 0 bridgehead atoms. The second kappa shape index (κ2) is 7.71. The second-order valence-corrected chi connectivity index (χ2v) is 7.53. The average molecular weight is 405 g/mol. The fourth-order valence-electron chi connectivity index (χ4n) is 3.80. The normalized spacial score (nSPS) is 16.4. The van der Waals surface area contributed by atoms with Crippen LogP contribution < -0.4 is 15.8 Å². The number of H-pyrrole nitrogens is 1. The topological polar surface area (TPSA) is 132 Å². The summed E-state index contributed by atoms with van der Waals surface area (Å²) in [6, 6.07) is 10.3. The van der Waals surface area contributed by atoms with Crippen molar-refractivity contribution < 1.29 is 4.74 Å². The second-order valence-electron chi connectivity index (χ2n) is 7.53. The van der Waals surface area contributed by atoms with Crippen LogP contribution in [-0.2, 0) is 13.2 Å². The lowest BCUT2D eigenvalue weighted by atomic mass is 9.97. The predicted octanol–water partition coefficient (Wildman–Crippen LogP) is 1.54. The first-order chi connectivity index (χ1) is 14.7. The molecule has 4 N–H and O–H groups in total. The van der Waals surface area contributed by atoms with Gasteiger partial charge in [0.15, 0.2) is 11.3 Å². The van der Waals surface area contributed by atoms with Crippen LogP contribution in [0.5, 0.6) is 5.75 Å². The molecule has 30 heavy (non-hydrogen) atoms. The highest BCUT2D eigenvalue weighted by molar-refractivity contribution is 5.78. The van der Waals surface area contributed by atoms with Crippen LogP contribution in [0.2, 0.25) is 0 Å². The number of nitrogens with two attached hydrogens (primary N) is 1. The zero-order valence-corrected chi connectivity index (χ0v) is 16.7. The smallest absolute Gasteiger partial charge is 0.207 e. The Labute approximate surface area is 172 Å². The zero-order chi connectivity index (χ0) is 20.5. The van der Waals surface area contributed by atoms with Crippen molar-refractivity contribution in [1.82, 2.24) is 40.7 Å². The molecule has 1 atom stereocenters. The Kier molecular flexibility index (Phi) is 4.75. The van der Waals surface area contributed by atoms with Crippen molar-refractivity contribution in [3.63, 3.8) is 0 Å². The van der Waals surface area contributed by atoms with Gasteiger partial charge in [-0.2, -0.15) is 25.3 Å². The van der Waals surface area contributed by atoms with Gasteiger partial charge in [0.1, 0.15) is 18.1 Å². The molecule has 10 nitrogen and oxygen atoms in total. The van der Waals surface area contributed by atoms with Crippen molar-refractivity contribution in [2.45, 2.75) is 32.4 Å². The molecule has 1 aliphatic heterocycles. The van der Waals surface area contributed by atoms with Gasteiger partial charge in [0.05, 0.1) is 12.2 Å². The molecule has 154 valence electrons. The first kappa shape index (κ1) is 18.5. The van der Waals surface area contributed by atoms with E-state index in [0.717, 1.165) is 24.5 Å². The molecule has 0 radical (unpaired) electrons. The van der Waals surface area contributed by atoms with E-state index >= 15 is 0 Å². The third kappa shape index (κ3) is 3.69. The summed E-state index contributed by atoms with van der Waals surface area (Å²) in [4.78, 5) is 5.83. The highest BCUT2D eigenvalue weighted by atomic mass is 16.5. The summed E-state index contributed by atoms with van der Waals surface area (Å²) in [6.07, 6.45) is 1.18. The highest BCUT2D eigenvalue weighted by Gasteiger charge is 2.17. The molecule has 1 aromatic carbocycles. The van der Waals surface area contributed by atoms with Crippen LogP contribution in [0.3, 0.4) is 0 Å². The number of rotatable bonds is 6. The molecule has 0 amide bonds. The number of fused-ring (bicyclic) bond motifs is 1. The van der Waals surface area contributed by atoms with E-state index in [1.807, 2.05) is 6.92 Å². The summed E-state index contributed by atoms with van der Waals surface area (Å²) in [7, 11) is 0. The Morgan fingerprint density at radius 1 is 1.23 bits per heavy atom. The lowest BCUT2D eigenvalue weighted by Crippen LogP contribution is -2.09. The number of hydrogen-bond acceptors (Lipinski definition) is 8. The van der Waals surface area contributed by atoms with E-state index in [1.165, 1.54) is 17.5 Å². The van der Waals surface area contributed by atoms with Gasteiger partial charge in [-0.05, 0) is 36.9 Å². The van der Waals surface area contributed by atoms with E-state index in [0.29, 0.717) is 35.2 Å². The van der Waals surface area contributed by atoms with Gasteiger partial charge < -0.3 is 15.8 Å². The van der Waals surface area contributed by atoms with E-state index in [1.54, 1.807) is 10.9 Å². The van der Waals surface area contributed by atoms with Crippen LogP contribution in [0.15, 0.2) is 30.3 Å². The van der Waals surface area contributed by atoms with Crippen LogP contribution >= 0.6 is 0 Å². The molecule has 0 aliphatic carbocycles. The molecule has 0 spiro atoms. The Bertz CT molecular complexity index is 1180. The molecule has 1 unspecified atom stereocenters. The summed E-state index contributed by atoms with van der Waals surface area (Å²) < 4.78 is 5.91. The molecule has 1 aliphatic rings. The number of pyridine rings is 1. The Morgan fingerprint density at radius 3 is 3.03 bits per heavy atom. The fourth-order valence-corrected chi connectivity index (χ4v) is 3.80. The van der Waals surface area contributed by atoms with E-state index < -0.39 is 0 Å². The molecule has 10 heteroatoms. The van der Waals surface area contributed by atoms with Crippen LogP contribution in [0, 0.1) is 6.92 Å². The Balaban J connectivity index is 1.30. The maximum Gasteiger partial charge on any atom is 0.207 e. The van der Waals surface area contributed by atoms with E-state index in [9.17, 15) is 0 Å². The molecule has 3 aromatic heterocycles. The highest BCUT2D eigenvalue weighted by Crippen LogP contribution is 2.25. The summed E-state index contributed by atoms with van der Waals surface area (Å²) in [5, 5.41) is 23.2. The monoisotopic (exact) mass is 405 g/mol. The van der Waals surface area contributed by atoms with Gasteiger partial charge in [0, 0.05) is 12.6 Å².